The van der Waals surface area contributed by atoms with Crippen LogP contribution in [0.2, 0.25) is 0 Å². The van der Waals surface area contributed by atoms with E-state index in [-0.39, 0.29) is 6.61 Å². The molecule has 0 spiro atoms. The fourth-order valence-electron chi connectivity index (χ4n) is 0.848. The van der Waals surface area contributed by atoms with Crippen molar-refractivity contribution in [2.45, 2.75) is 10.6 Å². The second-order valence-electron chi connectivity index (χ2n) is 2.40. The van der Waals surface area contributed by atoms with Crippen LogP contribution in [0.5, 0.6) is 0 Å². The fourth-order valence-corrected chi connectivity index (χ4v) is 3.03. The summed E-state index contributed by atoms with van der Waals surface area (Å²) in [5.41, 5.74) is 0. The van der Waals surface area contributed by atoms with Crippen molar-refractivity contribution in [2.24, 2.45) is 0 Å². The Kier molecular flexibility index (Phi) is 3.43. The normalized spacial score (nSPS) is 11.8. The van der Waals surface area contributed by atoms with Gasteiger partial charge in [-0.1, -0.05) is 0 Å². The Morgan fingerprint density at radius 2 is 2.23 bits per heavy atom. The van der Waals surface area contributed by atoms with Crippen LogP contribution in [0.25, 0.3) is 0 Å². The van der Waals surface area contributed by atoms with Gasteiger partial charge in [0.2, 0.25) is 10.0 Å². The molecule has 0 fully saturated rings. The van der Waals surface area contributed by atoms with Crippen molar-refractivity contribution in [1.82, 2.24) is 4.72 Å². The van der Waals surface area contributed by atoms with Crippen molar-refractivity contribution in [3.8, 4) is 0 Å². The summed E-state index contributed by atoms with van der Waals surface area (Å²) in [5.74, 6) is 0. The maximum atomic E-state index is 11.3. The monoisotopic (exact) mass is 221 g/mol. The Balaban J connectivity index is 2.92. The van der Waals surface area contributed by atoms with Crippen molar-refractivity contribution >= 4 is 21.4 Å². The summed E-state index contributed by atoms with van der Waals surface area (Å²) in [4.78, 5) is 0.872. The zero-order chi connectivity index (χ0) is 9.90. The predicted molar refractivity (Wildman–Crippen MR) is 51.4 cm³/mol. The highest BCUT2D eigenvalue weighted by Gasteiger charge is 2.13. The van der Waals surface area contributed by atoms with Crippen LogP contribution in [0, 0.1) is 0 Å². The fraction of sp³-hybridized carbons (Fsp3) is 0.429. The van der Waals surface area contributed by atoms with E-state index in [4.69, 9.17) is 5.11 Å². The molecular formula is C7H11NO3S2. The third-order valence-corrected chi connectivity index (χ3v) is 4.58. The Bertz CT molecular complexity index is 369. The minimum Gasteiger partial charge on any atom is -0.396 e. The van der Waals surface area contributed by atoms with E-state index in [0.717, 1.165) is 4.88 Å². The number of aliphatic hydroxyl groups excluding tert-OH is 1. The first-order valence-electron chi connectivity index (χ1n) is 3.73. The zero-order valence-electron chi connectivity index (χ0n) is 7.15. The number of aliphatic hydroxyl groups is 1. The molecule has 0 bridgehead atoms. The summed E-state index contributed by atoms with van der Waals surface area (Å²) in [5, 5.41) is 8.63. The molecule has 13 heavy (non-hydrogen) atoms. The number of rotatable bonds is 4. The van der Waals surface area contributed by atoms with Crippen molar-refractivity contribution < 1.29 is 13.5 Å². The molecule has 0 aliphatic carbocycles. The summed E-state index contributed by atoms with van der Waals surface area (Å²) in [6.45, 7) is 0.0412. The Morgan fingerprint density at radius 3 is 2.77 bits per heavy atom. The molecule has 0 radical (unpaired) electrons. The van der Waals surface area contributed by atoms with Gasteiger partial charge in [0.15, 0.2) is 0 Å². The number of nitrogens with one attached hydrogen (secondary N) is 1. The molecule has 0 atom stereocenters. The topological polar surface area (TPSA) is 66.4 Å². The summed E-state index contributed by atoms with van der Waals surface area (Å²) in [7, 11) is -1.93. The van der Waals surface area contributed by atoms with E-state index in [2.05, 4.69) is 4.72 Å². The first-order valence-corrected chi connectivity index (χ1v) is 6.03. The molecule has 1 aromatic rings. The van der Waals surface area contributed by atoms with Gasteiger partial charge in [-0.25, -0.2) is 13.1 Å². The lowest BCUT2D eigenvalue weighted by Gasteiger charge is -1.96. The number of hydrogen-bond acceptors (Lipinski definition) is 4. The highest BCUT2D eigenvalue weighted by atomic mass is 32.2. The molecule has 0 aliphatic heterocycles. The summed E-state index contributed by atoms with van der Waals surface area (Å²) < 4.78 is 25.0. The molecule has 0 amide bonds. The van der Waals surface area contributed by atoms with Gasteiger partial charge in [0.25, 0.3) is 0 Å². The van der Waals surface area contributed by atoms with Gasteiger partial charge >= 0.3 is 0 Å². The zero-order valence-corrected chi connectivity index (χ0v) is 8.78. The van der Waals surface area contributed by atoms with E-state index in [0.29, 0.717) is 10.6 Å². The minimum absolute atomic E-state index is 0.0412. The van der Waals surface area contributed by atoms with E-state index in [9.17, 15) is 8.42 Å². The maximum Gasteiger partial charge on any atom is 0.249 e. The second-order valence-corrected chi connectivity index (χ2v) is 5.68. The van der Waals surface area contributed by atoms with Gasteiger partial charge in [-0.2, -0.15) is 0 Å². The van der Waals surface area contributed by atoms with E-state index >= 15 is 0 Å². The van der Waals surface area contributed by atoms with E-state index in [1.807, 2.05) is 0 Å². The van der Waals surface area contributed by atoms with E-state index < -0.39 is 10.0 Å². The van der Waals surface area contributed by atoms with E-state index in [1.54, 1.807) is 12.1 Å². The van der Waals surface area contributed by atoms with Gasteiger partial charge in [-0.05, 0) is 19.2 Å². The van der Waals surface area contributed by atoms with Crippen molar-refractivity contribution in [3.63, 3.8) is 0 Å². The molecule has 1 heterocycles. The van der Waals surface area contributed by atoms with Gasteiger partial charge < -0.3 is 5.11 Å². The molecule has 0 unspecified atom stereocenters. The third kappa shape index (κ3) is 2.50. The van der Waals surface area contributed by atoms with Gasteiger partial charge in [-0.15, -0.1) is 11.3 Å². The quantitative estimate of drug-likeness (QED) is 0.763. The van der Waals surface area contributed by atoms with Crippen molar-refractivity contribution in [2.75, 3.05) is 13.7 Å². The number of thiophene rings is 1. The first-order chi connectivity index (χ1) is 6.10. The van der Waals surface area contributed by atoms with Gasteiger partial charge in [-0.3, -0.25) is 0 Å². The lowest BCUT2D eigenvalue weighted by molar-refractivity contribution is 0.300. The third-order valence-electron chi connectivity index (χ3n) is 1.53. The largest absolute Gasteiger partial charge is 0.396 e. The molecule has 0 saturated heterocycles. The standard InChI is InChI=1S/C7H11NO3S2/c1-8-13(10,11)7-3-2-6(12-7)4-5-9/h2-3,8-9H,4-5H2,1H3. The molecule has 0 aliphatic rings. The molecule has 74 valence electrons. The van der Waals surface area contributed by atoms with Crippen LogP contribution >= 0.6 is 11.3 Å². The lowest BCUT2D eigenvalue weighted by Crippen LogP contribution is -2.17. The molecule has 1 rings (SSSR count). The van der Waals surface area contributed by atoms with Crippen LogP contribution in [-0.4, -0.2) is 27.2 Å². The van der Waals surface area contributed by atoms with Crippen LogP contribution in [0.3, 0.4) is 0 Å². The molecule has 1 aromatic heterocycles. The van der Waals surface area contributed by atoms with Crippen LogP contribution in [0.4, 0.5) is 0 Å². The molecule has 0 saturated carbocycles. The maximum absolute atomic E-state index is 11.3. The first kappa shape index (κ1) is 10.6. The highest BCUT2D eigenvalue weighted by Crippen LogP contribution is 2.21. The number of sulfonamides is 1. The average Bonchev–Trinajstić information content (AvgIpc) is 2.54. The second kappa shape index (κ2) is 4.19. The Morgan fingerprint density at radius 1 is 1.54 bits per heavy atom. The van der Waals surface area contributed by atoms with Gasteiger partial charge in [0, 0.05) is 17.9 Å². The smallest absolute Gasteiger partial charge is 0.249 e. The van der Waals surface area contributed by atoms with Crippen molar-refractivity contribution in [3.05, 3.63) is 17.0 Å². The molecule has 2 N–H and O–H groups in total. The van der Waals surface area contributed by atoms with Crippen LogP contribution in [0.1, 0.15) is 4.88 Å². The predicted octanol–water partition coefficient (Wildman–Crippen LogP) is 0.191. The van der Waals surface area contributed by atoms with Gasteiger partial charge in [0.1, 0.15) is 4.21 Å². The number of hydrogen-bond donors (Lipinski definition) is 2. The molecule has 0 aromatic carbocycles. The molecular weight excluding hydrogens is 210 g/mol. The summed E-state index contributed by atoms with van der Waals surface area (Å²) in [6.07, 6.45) is 0.504. The minimum atomic E-state index is -3.31. The molecule has 6 heteroatoms. The molecule has 4 nitrogen and oxygen atoms in total. The average molecular weight is 221 g/mol. The highest BCUT2D eigenvalue weighted by molar-refractivity contribution is 7.91. The Hall–Kier alpha value is -0.430. The van der Waals surface area contributed by atoms with Gasteiger partial charge in [0.05, 0.1) is 0 Å². The van der Waals surface area contributed by atoms with Crippen molar-refractivity contribution in [1.29, 1.82) is 0 Å². The lowest BCUT2D eigenvalue weighted by atomic mass is 10.4. The SMILES string of the molecule is CNS(=O)(=O)c1ccc(CCO)s1. The Labute approximate surface area is 81.3 Å². The van der Waals surface area contributed by atoms with Crippen LogP contribution in [-0.2, 0) is 16.4 Å². The summed E-state index contributed by atoms with van der Waals surface area (Å²) in [6, 6.07) is 3.26. The van der Waals surface area contributed by atoms with Crippen LogP contribution < -0.4 is 4.72 Å². The summed E-state index contributed by atoms with van der Waals surface area (Å²) >= 11 is 1.18. The van der Waals surface area contributed by atoms with E-state index in [1.165, 1.54) is 18.4 Å². The van der Waals surface area contributed by atoms with Crippen LogP contribution in [0.15, 0.2) is 16.3 Å².